The van der Waals surface area contributed by atoms with Crippen molar-refractivity contribution in [2.75, 3.05) is 6.61 Å². The van der Waals surface area contributed by atoms with Gasteiger partial charge in [-0.25, -0.2) is 9.18 Å². The van der Waals surface area contributed by atoms with E-state index in [1.54, 1.807) is 0 Å². The summed E-state index contributed by atoms with van der Waals surface area (Å²) in [5, 5.41) is -5.65. The summed E-state index contributed by atoms with van der Waals surface area (Å²) in [5.74, 6) is 0. The molecule has 5 atom stereocenters. The van der Waals surface area contributed by atoms with Gasteiger partial charge in [0.1, 0.15) is 18.5 Å². The zero-order chi connectivity index (χ0) is 24.0. The van der Waals surface area contributed by atoms with Crippen LogP contribution in [0.3, 0.4) is 0 Å². The molecule has 1 aromatic rings. The number of aromatic nitrogens is 2. The van der Waals surface area contributed by atoms with Crippen molar-refractivity contribution in [1.82, 2.24) is 9.55 Å². The Balaban J connectivity index is 2.09. The average molecular weight is 512 g/mol. The van der Waals surface area contributed by atoms with Crippen molar-refractivity contribution in [3.8, 4) is 0 Å². The van der Waals surface area contributed by atoms with Crippen LogP contribution in [-0.4, -0.2) is 56.1 Å². The normalized spacial score (nSPS) is 26.4. The third kappa shape index (κ3) is 5.68. The highest BCUT2D eigenvalue weighted by Crippen LogP contribution is 2.77. The lowest BCUT2D eigenvalue weighted by atomic mass is 10.2. The van der Waals surface area contributed by atoms with Gasteiger partial charge in [-0.1, -0.05) is 0 Å². The molecule has 1 fully saturated rings. The molecule has 0 saturated carbocycles. The van der Waals surface area contributed by atoms with Gasteiger partial charge in [-0.2, -0.15) is 8.78 Å². The maximum atomic E-state index is 14.2. The molecule has 1 saturated heterocycles. The lowest BCUT2D eigenvalue weighted by Gasteiger charge is -2.32. The quantitative estimate of drug-likeness (QED) is 0.283. The molecule has 1 unspecified atom stereocenters. The van der Waals surface area contributed by atoms with Gasteiger partial charge >= 0.3 is 26.3 Å². The van der Waals surface area contributed by atoms with Gasteiger partial charge in [0, 0.05) is 18.2 Å². The number of H-pyrrole nitrogens is 1. The number of ether oxygens (including phenoxy) is 1. The minimum atomic E-state index is -6.62. The second-order valence-electron chi connectivity index (χ2n) is 6.35. The van der Waals surface area contributed by atoms with E-state index in [-0.39, 0.29) is 5.56 Å². The Bertz CT molecular complexity index is 1100. The fourth-order valence-electron chi connectivity index (χ4n) is 2.38. The highest BCUT2D eigenvalue weighted by molar-refractivity contribution is 7.86. The first-order valence-electron chi connectivity index (χ1n) is 8.00. The van der Waals surface area contributed by atoms with E-state index in [1.807, 2.05) is 4.98 Å². The molecule has 2 rings (SSSR count). The molecule has 2 heterocycles. The predicted octanol–water partition coefficient (Wildman–Crippen LogP) is 0.694. The Hall–Kier alpha value is -1.02. The number of nitrogens with zero attached hydrogens (tertiary/aromatic N) is 1. The molecule has 20 heteroatoms. The Morgan fingerprint density at radius 3 is 2.45 bits per heavy atom. The summed E-state index contributed by atoms with van der Waals surface area (Å²) in [6.07, 6.45) is -4.12. The molecule has 0 spiro atoms. The van der Waals surface area contributed by atoms with Crippen molar-refractivity contribution in [1.29, 1.82) is 0 Å². The first kappa shape index (κ1) is 26.2. The van der Waals surface area contributed by atoms with Crippen LogP contribution in [0.5, 0.6) is 0 Å². The molecule has 0 aromatic carbocycles. The molecule has 1 aliphatic rings. The Kier molecular flexibility index (Phi) is 7.39. The van der Waals surface area contributed by atoms with Crippen LogP contribution in [0.15, 0.2) is 15.8 Å². The summed E-state index contributed by atoms with van der Waals surface area (Å²) in [6, 6.07) is 0. The summed E-state index contributed by atoms with van der Waals surface area (Å²) in [7, 11) is -13.6. The van der Waals surface area contributed by atoms with Crippen molar-refractivity contribution in [2.45, 2.75) is 37.3 Å². The van der Waals surface area contributed by atoms with Crippen LogP contribution >= 0.6 is 22.7 Å². The molecule has 175 valence electrons. The smallest absolute Gasteiger partial charge is 0.443 e. The summed E-state index contributed by atoms with van der Waals surface area (Å²) in [4.78, 5) is 51.2. The van der Waals surface area contributed by atoms with Gasteiger partial charge in [0.2, 0.25) is 0 Å². The Labute approximate surface area is 172 Å². The zero-order valence-electron chi connectivity index (χ0n) is 15.3. The highest BCUT2D eigenvalue weighted by Gasteiger charge is 2.65. The van der Waals surface area contributed by atoms with Gasteiger partial charge in [-0.05, 0) is 6.92 Å². The standard InChI is InChI=1S/C11H15BF3N2O11P3/c1-5-3-17(10(19)16-9(5)18)8-2-6(13)7(27-8)4-26-31(12,25)28-30(23,24)11(14,15)29(20,21)22/h3,6-8H,2,4H2,1H3,(H,23,24)(H,16,18,19)(H2,20,21,22)/q-1/t6-,7+,8+,31-/m0/s1. The summed E-state index contributed by atoms with van der Waals surface area (Å²) in [5.41, 5.74) is -1.51. The molecule has 1 aliphatic heterocycles. The van der Waals surface area contributed by atoms with E-state index in [2.05, 4.69) is 8.83 Å². The number of rotatable bonds is 8. The molecule has 0 amide bonds. The fourth-order valence-corrected chi connectivity index (χ4v) is 6.19. The zero-order valence-corrected chi connectivity index (χ0v) is 18.0. The molecular weight excluding hydrogens is 497 g/mol. The Morgan fingerprint density at radius 1 is 1.32 bits per heavy atom. The number of halogens is 3. The van der Waals surface area contributed by atoms with Crippen molar-refractivity contribution in [3.05, 3.63) is 32.6 Å². The van der Waals surface area contributed by atoms with Crippen LogP contribution in [0.1, 0.15) is 18.2 Å². The molecule has 31 heavy (non-hydrogen) atoms. The molecule has 4 N–H and O–H groups in total. The summed E-state index contributed by atoms with van der Waals surface area (Å²) >= 11 is 0. The maximum absolute atomic E-state index is 14.2. The number of aromatic amines is 1. The van der Waals surface area contributed by atoms with E-state index in [9.17, 15) is 36.5 Å². The van der Waals surface area contributed by atoms with Crippen molar-refractivity contribution < 1.29 is 55.1 Å². The van der Waals surface area contributed by atoms with Crippen LogP contribution in [-0.2, 0) is 27.3 Å². The van der Waals surface area contributed by atoms with Crippen LogP contribution in [0.4, 0.5) is 13.2 Å². The van der Waals surface area contributed by atoms with E-state index >= 15 is 0 Å². The fraction of sp³-hybridized carbons (Fsp3) is 0.636. The Morgan fingerprint density at radius 2 is 1.90 bits per heavy atom. The van der Waals surface area contributed by atoms with E-state index in [0.717, 1.165) is 10.8 Å². The summed E-state index contributed by atoms with van der Waals surface area (Å²) < 4.78 is 89.1. The van der Waals surface area contributed by atoms with Gasteiger partial charge in [-0.3, -0.25) is 27.8 Å². The minimum Gasteiger partial charge on any atom is -0.443 e. The van der Waals surface area contributed by atoms with Crippen molar-refractivity contribution in [3.63, 3.8) is 0 Å². The molecule has 1 aromatic heterocycles. The molecule has 0 bridgehead atoms. The summed E-state index contributed by atoms with van der Waals surface area (Å²) in [6.45, 7) is 0.282. The molecule has 3 radical (unpaired) electrons. The minimum absolute atomic E-state index is 0.0999. The van der Waals surface area contributed by atoms with Gasteiger partial charge in [0.05, 0.1) is 14.1 Å². The average Bonchev–Trinajstić information content (AvgIpc) is 2.95. The van der Waals surface area contributed by atoms with E-state index in [1.165, 1.54) is 6.92 Å². The lowest BCUT2D eigenvalue weighted by Crippen LogP contribution is -2.33. The van der Waals surface area contributed by atoms with Crippen molar-refractivity contribution >= 4 is 30.2 Å². The lowest BCUT2D eigenvalue weighted by molar-refractivity contribution is -0.0315. The topological polar surface area (TPSA) is 194 Å². The van der Waals surface area contributed by atoms with Gasteiger partial charge in [-0.15, -0.1) is 0 Å². The van der Waals surface area contributed by atoms with E-state index in [0.29, 0.717) is 0 Å². The monoisotopic (exact) mass is 512 g/mol. The van der Waals surface area contributed by atoms with Crippen LogP contribution in [0, 0.1) is 6.92 Å². The molecular formula is C11H15BF3N2O11P3-. The van der Waals surface area contributed by atoms with E-state index in [4.69, 9.17) is 27.0 Å². The first-order valence-corrected chi connectivity index (χ1v) is 12.8. The number of alkyl halides is 3. The second kappa shape index (κ2) is 8.73. The number of hydrogen-bond donors (Lipinski definition) is 4. The third-order valence-electron chi connectivity index (χ3n) is 3.95. The number of hydrogen-bond acceptors (Lipinski definition) is 8. The van der Waals surface area contributed by atoms with Crippen LogP contribution in [0.2, 0.25) is 0 Å². The SMILES string of the molecule is [B-][P@](=O)(OC[C@H]1O[C@@H](n2cc(C)c(=O)[nH]c2=O)C[C@@H]1F)OP(=O)(O)C(F)(F)P(=O)(O)O. The largest absolute Gasteiger partial charge is 0.444 e. The van der Waals surface area contributed by atoms with Crippen LogP contribution < -0.4 is 11.2 Å². The maximum Gasteiger partial charge on any atom is 0.444 e. The predicted molar refractivity (Wildman–Crippen MR) is 96.7 cm³/mol. The number of nitrogens with one attached hydrogen (secondary N) is 1. The van der Waals surface area contributed by atoms with Crippen LogP contribution in [0.25, 0.3) is 0 Å². The first-order chi connectivity index (χ1) is 13.9. The highest BCUT2D eigenvalue weighted by atomic mass is 31.3. The second-order valence-corrected chi connectivity index (χ2v) is 11.9. The number of aryl methyl sites for hydroxylation is 1. The van der Waals surface area contributed by atoms with E-state index < -0.39 is 70.9 Å². The van der Waals surface area contributed by atoms with Gasteiger partial charge in [0.15, 0.2) is 0 Å². The molecule has 13 nitrogen and oxygen atoms in total. The van der Waals surface area contributed by atoms with Crippen molar-refractivity contribution in [2.24, 2.45) is 0 Å². The van der Waals surface area contributed by atoms with Gasteiger partial charge < -0.3 is 36.1 Å². The third-order valence-corrected chi connectivity index (χ3v) is 9.18. The van der Waals surface area contributed by atoms with Gasteiger partial charge in [0.25, 0.3) is 5.56 Å². The molecule has 0 aliphatic carbocycles.